The molecule has 3 aromatic rings. The molecule has 6 nitrogen and oxygen atoms in total. The first-order chi connectivity index (χ1) is 11.5. The molecule has 0 aliphatic heterocycles. The molecule has 1 amide bonds. The van der Waals surface area contributed by atoms with Gasteiger partial charge in [-0.15, -0.1) is 0 Å². The third-order valence-electron chi connectivity index (χ3n) is 3.77. The zero-order valence-corrected chi connectivity index (χ0v) is 13.7. The van der Waals surface area contributed by atoms with E-state index in [0.29, 0.717) is 16.9 Å². The molecule has 0 saturated carbocycles. The molecule has 0 fully saturated rings. The van der Waals surface area contributed by atoms with Gasteiger partial charge in [0.05, 0.1) is 24.1 Å². The van der Waals surface area contributed by atoms with Crippen LogP contribution in [-0.2, 0) is 11.8 Å². The second-order valence-electron chi connectivity index (χ2n) is 5.49. The van der Waals surface area contributed by atoms with Gasteiger partial charge >= 0.3 is 5.97 Å². The number of esters is 1. The van der Waals surface area contributed by atoms with Gasteiger partial charge in [-0.2, -0.15) is 5.10 Å². The number of carbonyl (C=O) groups excluding carboxylic acids is 2. The summed E-state index contributed by atoms with van der Waals surface area (Å²) in [7, 11) is 3.01. The maximum absolute atomic E-state index is 12.5. The maximum atomic E-state index is 12.5. The fourth-order valence-corrected chi connectivity index (χ4v) is 2.63. The minimum absolute atomic E-state index is 0.309. The van der Waals surface area contributed by atoms with E-state index in [1.165, 1.54) is 11.8 Å². The number of carbonyl (C=O) groups is 2. The van der Waals surface area contributed by atoms with Crippen LogP contribution in [0.25, 0.3) is 10.8 Å². The predicted octanol–water partition coefficient (Wildman–Crippen LogP) is 2.92. The number of hydrogen-bond acceptors (Lipinski definition) is 4. The number of benzene rings is 2. The normalized spacial score (nSPS) is 10.6. The number of hydrogen-bond donors (Lipinski definition) is 1. The van der Waals surface area contributed by atoms with Gasteiger partial charge in [0.25, 0.3) is 5.91 Å². The molecule has 24 heavy (non-hydrogen) atoms. The van der Waals surface area contributed by atoms with Crippen LogP contribution in [0.1, 0.15) is 26.5 Å². The Morgan fingerprint density at radius 2 is 1.79 bits per heavy atom. The summed E-state index contributed by atoms with van der Waals surface area (Å²) in [5.41, 5.74) is 1.87. The van der Waals surface area contributed by atoms with Crippen LogP contribution in [0, 0.1) is 6.92 Å². The zero-order chi connectivity index (χ0) is 17.3. The van der Waals surface area contributed by atoms with E-state index < -0.39 is 5.97 Å². The Bertz CT molecular complexity index is 944. The number of nitrogens with one attached hydrogen (secondary N) is 1. The Kier molecular flexibility index (Phi) is 4.04. The predicted molar refractivity (Wildman–Crippen MR) is 91.2 cm³/mol. The van der Waals surface area contributed by atoms with Crippen molar-refractivity contribution in [1.29, 1.82) is 0 Å². The zero-order valence-electron chi connectivity index (χ0n) is 13.7. The van der Waals surface area contributed by atoms with Crippen molar-refractivity contribution in [2.75, 3.05) is 12.4 Å². The minimum atomic E-state index is -0.503. The summed E-state index contributed by atoms with van der Waals surface area (Å²) in [4.78, 5) is 24.6. The third kappa shape index (κ3) is 2.86. The van der Waals surface area contributed by atoms with Crippen LogP contribution in [0.15, 0.2) is 42.5 Å². The van der Waals surface area contributed by atoms with Crippen molar-refractivity contribution in [3.63, 3.8) is 0 Å². The Morgan fingerprint density at radius 3 is 2.38 bits per heavy atom. The van der Waals surface area contributed by atoms with Crippen LogP contribution in [0.3, 0.4) is 0 Å². The molecule has 6 heteroatoms. The van der Waals surface area contributed by atoms with Gasteiger partial charge in [0.2, 0.25) is 0 Å². The van der Waals surface area contributed by atoms with Crippen molar-refractivity contribution in [1.82, 2.24) is 9.78 Å². The molecule has 0 aliphatic rings. The van der Waals surface area contributed by atoms with Gasteiger partial charge in [0, 0.05) is 7.05 Å². The number of rotatable bonds is 3. The van der Waals surface area contributed by atoms with Crippen molar-refractivity contribution in [2.45, 2.75) is 6.92 Å². The lowest BCUT2D eigenvalue weighted by atomic mass is 10.0. The molecular weight excluding hydrogens is 306 g/mol. The second kappa shape index (κ2) is 6.16. The Morgan fingerprint density at radius 1 is 1.12 bits per heavy atom. The number of amides is 1. The van der Waals surface area contributed by atoms with Crippen LogP contribution in [0.5, 0.6) is 0 Å². The van der Waals surface area contributed by atoms with Crippen LogP contribution in [0.4, 0.5) is 5.69 Å². The first-order valence-electron chi connectivity index (χ1n) is 7.42. The summed E-state index contributed by atoms with van der Waals surface area (Å²) in [6, 6.07) is 12.8. The molecule has 0 radical (unpaired) electrons. The van der Waals surface area contributed by atoms with Gasteiger partial charge in [-0.3, -0.25) is 9.48 Å². The van der Waals surface area contributed by atoms with Crippen LogP contribution in [0.2, 0.25) is 0 Å². The molecule has 0 unspecified atom stereocenters. The molecule has 3 rings (SSSR count). The SMILES string of the molecule is COC(=O)c1cc2ccccc2cc1NC(=O)c1cc(C)nn1C. The standard InChI is InChI=1S/C18H17N3O3/c1-11-8-16(21(2)20-11)17(22)19-15-10-13-7-5-4-6-12(13)9-14(15)18(23)24-3/h4-10H,1-3H3,(H,19,22). The van der Waals surface area contributed by atoms with E-state index in [2.05, 4.69) is 10.4 Å². The molecule has 122 valence electrons. The average Bonchev–Trinajstić information content (AvgIpc) is 2.92. The summed E-state index contributed by atoms with van der Waals surface area (Å²) in [6.45, 7) is 1.81. The molecule has 0 aliphatic carbocycles. The van der Waals surface area contributed by atoms with Crippen LogP contribution in [-0.4, -0.2) is 28.8 Å². The molecule has 0 bridgehead atoms. The highest BCUT2D eigenvalue weighted by Crippen LogP contribution is 2.25. The van der Waals surface area contributed by atoms with Crippen molar-refractivity contribution in [3.8, 4) is 0 Å². The molecule has 0 saturated heterocycles. The quantitative estimate of drug-likeness (QED) is 0.752. The fourth-order valence-electron chi connectivity index (χ4n) is 2.63. The van der Waals surface area contributed by atoms with E-state index in [1.807, 2.05) is 31.2 Å². The molecule has 1 aromatic heterocycles. The van der Waals surface area contributed by atoms with Gasteiger partial charge in [0.15, 0.2) is 0 Å². The van der Waals surface area contributed by atoms with E-state index >= 15 is 0 Å². The fraction of sp³-hybridized carbons (Fsp3) is 0.167. The maximum Gasteiger partial charge on any atom is 0.339 e. The van der Waals surface area contributed by atoms with Gasteiger partial charge < -0.3 is 10.1 Å². The smallest absolute Gasteiger partial charge is 0.339 e. The Balaban J connectivity index is 2.05. The highest BCUT2D eigenvalue weighted by molar-refractivity contribution is 6.09. The van der Waals surface area contributed by atoms with E-state index in [9.17, 15) is 9.59 Å². The van der Waals surface area contributed by atoms with E-state index in [4.69, 9.17) is 4.74 Å². The topological polar surface area (TPSA) is 73.2 Å². The average molecular weight is 323 g/mol. The Labute approximate surface area is 139 Å². The first-order valence-corrected chi connectivity index (χ1v) is 7.42. The second-order valence-corrected chi connectivity index (χ2v) is 5.49. The summed E-state index contributed by atoms with van der Waals surface area (Å²) in [6.07, 6.45) is 0. The van der Waals surface area contributed by atoms with Crippen LogP contribution < -0.4 is 5.32 Å². The lowest BCUT2D eigenvalue weighted by molar-refractivity contribution is 0.0602. The number of nitrogens with zero attached hydrogens (tertiary/aromatic N) is 2. The van der Waals surface area contributed by atoms with Crippen LogP contribution >= 0.6 is 0 Å². The van der Waals surface area contributed by atoms with Gasteiger partial charge in [0.1, 0.15) is 5.69 Å². The molecule has 2 aromatic carbocycles. The number of ether oxygens (including phenoxy) is 1. The third-order valence-corrected chi connectivity index (χ3v) is 3.77. The molecule has 0 spiro atoms. The molecular formula is C18H17N3O3. The highest BCUT2D eigenvalue weighted by atomic mass is 16.5. The van der Waals surface area contributed by atoms with E-state index in [0.717, 1.165) is 16.5 Å². The highest BCUT2D eigenvalue weighted by Gasteiger charge is 2.18. The number of aromatic nitrogens is 2. The van der Waals surface area contributed by atoms with Crippen molar-refractivity contribution in [3.05, 3.63) is 59.4 Å². The molecule has 1 N–H and O–H groups in total. The monoisotopic (exact) mass is 323 g/mol. The number of anilines is 1. The lowest BCUT2D eigenvalue weighted by Crippen LogP contribution is -2.18. The van der Waals surface area contributed by atoms with Gasteiger partial charge in [-0.1, -0.05) is 24.3 Å². The molecule has 1 heterocycles. The van der Waals surface area contributed by atoms with Crippen molar-refractivity contribution < 1.29 is 14.3 Å². The van der Waals surface area contributed by atoms with Crippen molar-refractivity contribution in [2.24, 2.45) is 7.05 Å². The number of methoxy groups -OCH3 is 1. The lowest BCUT2D eigenvalue weighted by Gasteiger charge is -2.11. The number of fused-ring (bicyclic) bond motifs is 1. The van der Waals surface area contributed by atoms with Gasteiger partial charge in [-0.25, -0.2) is 4.79 Å². The number of aryl methyl sites for hydroxylation is 2. The van der Waals surface area contributed by atoms with Crippen molar-refractivity contribution >= 4 is 28.3 Å². The largest absolute Gasteiger partial charge is 0.465 e. The molecule has 0 atom stereocenters. The summed E-state index contributed by atoms with van der Waals surface area (Å²) in [5, 5.41) is 8.76. The first kappa shape index (κ1) is 15.7. The van der Waals surface area contributed by atoms with E-state index in [1.54, 1.807) is 25.2 Å². The minimum Gasteiger partial charge on any atom is -0.465 e. The summed E-state index contributed by atoms with van der Waals surface area (Å²) < 4.78 is 6.34. The van der Waals surface area contributed by atoms with Gasteiger partial charge in [-0.05, 0) is 35.9 Å². The Hall–Kier alpha value is -3.15. The summed E-state index contributed by atoms with van der Waals surface area (Å²) in [5.74, 6) is -0.837. The summed E-state index contributed by atoms with van der Waals surface area (Å²) >= 11 is 0. The van der Waals surface area contributed by atoms with E-state index in [-0.39, 0.29) is 5.91 Å².